The molecule has 0 bridgehead atoms. The summed E-state index contributed by atoms with van der Waals surface area (Å²) in [7, 11) is 0. The number of ketones is 1. The van der Waals surface area contributed by atoms with Gasteiger partial charge in [0.05, 0.1) is 38.8 Å². The summed E-state index contributed by atoms with van der Waals surface area (Å²) in [5.41, 5.74) is -2.44. The number of hydrogen-bond acceptors (Lipinski definition) is 4. The Kier molecular flexibility index (Phi) is 7.48. The van der Waals surface area contributed by atoms with E-state index in [0.717, 1.165) is 36.6 Å². The Labute approximate surface area is 239 Å². The smallest absolute Gasteiger partial charge is 0.433 e. The van der Waals surface area contributed by atoms with Crippen molar-refractivity contribution in [2.75, 3.05) is 0 Å². The number of halogens is 5. The summed E-state index contributed by atoms with van der Waals surface area (Å²) >= 11 is 12.4. The first kappa shape index (κ1) is 28.9. The number of Topliss-reactive ketones (excluding diaryl/α,β-unsaturated/α-hetero) is 1. The van der Waals surface area contributed by atoms with Crippen LogP contribution in [0.3, 0.4) is 0 Å². The average Bonchev–Trinajstić information content (AvgIpc) is 3.52. The van der Waals surface area contributed by atoms with Crippen LogP contribution in [0, 0.1) is 16.7 Å². The van der Waals surface area contributed by atoms with Crippen LogP contribution in [0.25, 0.3) is 0 Å². The van der Waals surface area contributed by atoms with Crippen molar-refractivity contribution in [1.29, 1.82) is 0 Å². The Bertz CT molecular complexity index is 1320. The SMILES string of the molecule is CC1(C(=O)O)CCC(n2ncc(C(=O)NC(CC(=O)c3c(Cl)cccc3Cl)C3CC4(CC4)C3)c2C(F)(F)F)CC1. The van der Waals surface area contributed by atoms with E-state index < -0.39 is 52.6 Å². The highest BCUT2D eigenvalue weighted by Gasteiger charge is 2.55. The van der Waals surface area contributed by atoms with Crippen molar-refractivity contribution in [3.63, 3.8) is 0 Å². The van der Waals surface area contributed by atoms with Gasteiger partial charge in [0.2, 0.25) is 0 Å². The van der Waals surface area contributed by atoms with Crippen LogP contribution in [0.1, 0.15) is 97.2 Å². The predicted molar refractivity (Wildman–Crippen MR) is 142 cm³/mol. The van der Waals surface area contributed by atoms with Crippen LogP contribution in [0.4, 0.5) is 13.2 Å². The Balaban J connectivity index is 1.38. The Morgan fingerprint density at radius 1 is 1.12 bits per heavy atom. The number of carbonyl (C=O) groups is 3. The van der Waals surface area contributed by atoms with Gasteiger partial charge in [0, 0.05) is 12.5 Å². The molecule has 3 fully saturated rings. The fourth-order valence-corrected chi connectivity index (χ4v) is 6.96. The molecular formula is C28H30Cl2F3N3O4. The van der Waals surface area contributed by atoms with Gasteiger partial charge >= 0.3 is 12.1 Å². The monoisotopic (exact) mass is 599 g/mol. The topological polar surface area (TPSA) is 101 Å². The van der Waals surface area contributed by atoms with Gasteiger partial charge in [-0.15, -0.1) is 0 Å². The number of benzene rings is 1. The number of amides is 1. The number of carbonyl (C=O) groups excluding carboxylic acids is 2. The van der Waals surface area contributed by atoms with Crippen LogP contribution >= 0.6 is 23.2 Å². The number of carboxylic acids is 1. The molecule has 1 unspecified atom stereocenters. The number of hydrogen-bond donors (Lipinski definition) is 2. The molecule has 1 spiro atoms. The van der Waals surface area contributed by atoms with Crippen molar-refractivity contribution < 1.29 is 32.7 Å². The van der Waals surface area contributed by atoms with Crippen molar-refractivity contribution in [1.82, 2.24) is 15.1 Å². The Morgan fingerprint density at radius 3 is 2.25 bits per heavy atom. The summed E-state index contributed by atoms with van der Waals surface area (Å²) in [6.07, 6.45) is 0.383. The zero-order valence-electron chi connectivity index (χ0n) is 21.9. The molecule has 40 heavy (non-hydrogen) atoms. The van der Waals surface area contributed by atoms with E-state index in [4.69, 9.17) is 23.2 Å². The molecule has 7 nitrogen and oxygen atoms in total. The lowest BCUT2D eigenvalue weighted by molar-refractivity contribution is -0.152. The molecule has 5 rings (SSSR count). The second-order valence-electron chi connectivity index (χ2n) is 11.9. The Morgan fingerprint density at radius 2 is 1.73 bits per heavy atom. The van der Waals surface area contributed by atoms with Gasteiger partial charge in [-0.2, -0.15) is 18.3 Å². The highest BCUT2D eigenvalue weighted by molar-refractivity contribution is 6.39. The van der Waals surface area contributed by atoms with Crippen molar-refractivity contribution in [3.05, 3.63) is 51.3 Å². The van der Waals surface area contributed by atoms with Crippen molar-refractivity contribution >= 4 is 40.9 Å². The maximum absolute atomic E-state index is 14.3. The number of carboxylic acid groups (broad SMARTS) is 1. The molecule has 216 valence electrons. The first-order valence-corrected chi connectivity index (χ1v) is 14.1. The second-order valence-corrected chi connectivity index (χ2v) is 12.7. The van der Waals surface area contributed by atoms with E-state index in [1.165, 1.54) is 12.1 Å². The molecule has 1 aromatic heterocycles. The number of alkyl halides is 3. The molecule has 3 aliphatic rings. The third-order valence-corrected chi connectivity index (χ3v) is 9.74. The van der Waals surface area contributed by atoms with Gasteiger partial charge in [-0.05, 0) is 81.8 Å². The number of nitrogens with one attached hydrogen (secondary N) is 1. The third-order valence-electron chi connectivity index (χ3n) is 9.11. The largest absolute Gasteiger partial charge is 0.481 e. The van der Waals surface area contributed by atoms with Crippen molar-refractivity contribution in [2.45, 2.75) is 83.0 Å². The van der Waals surface area contributed by atoms with Crippen molar-refractivity contribution in [3.8, 4) is 0 Å². The van der Waals surface area contributed by atoms with Crippen LogP contribution in [0.5, 0.6) is 0 Å². The Hall–Kier alpha value is -2.59. The van der Waals surface area contributed by atoms with Crippen LogP contribution in [0.15, 0.2) is 24.4 Å². The zero-order valence-corrected chi connectivity index (χ0v) is 23.4. The predicted octanol–water partition coefficient (Wildman–Crippen LogP) is 6.98. The van der Waals surface area contributed by atoms with Crippen LogP contribution in [0.2, 0.25) is 10.0 Å². The summed E-state index contributed by atoms with van der Waals surface area (Å²) in [5.74, 6) is -2.39. The zero-order chi connectivity index (χ0) is 29.0. The number of nitrogens with zero attached hydrogens (tertiary/aromatic N) is 2. The minimum atomic E-state index is -4.87. The highest BCUT2D eigenvalue weighted by Crippen LogP contribution is 2.64. The first-order chi connectivity index (χ1) is 18.7. The quantitative estimate of drug-likeness (QED) is 0.319. The lowest BCUT2D eigenvalue weighted by Crippen LogP contribution is -2.47. The van der Waals surface area contributed by atoms with Gasteiger partial charge < -0.3 is 10.4 Å². The fraction of sp³-hybridized carbons (Fsp3) is 0.571. The average molecular weight is 600 g/mol. The maximum atomic E-state index is 14.3. The molecule has 2 aromatic rings. The van der Waals surface area contributed by atoms with Gasteiger partial charge in [0.1, 0.15) is 0 Å². The molecule has 12 heteroatoms. The molecule has 0 radical (unpaired) electrons. The number of rotatable bonds is 8. The summed E-state index contributed by atoms with van der Waals surface area (Å²) in [6.45, 7) is 1.58. The van der Waals surface area contributed by atoms with Gasteiger partial charge in [-0.25, -0.2) is 0 Å². The molecular weight excluding hydrogens is 570 g/mol. The van der Waals surface area contributed by atoms with E-state index in [1.54, 1.807) is 13.0 Å². The van der Waals surface area contributed by atoms with Gasteiger partial charge in [0.25, 0.3) is 5.91 Å². The lowest BCUT2D eigenvalue weighted by atomic mass is 9.67. The first-order valence-electron chi connectivity index (χ1n) is 13.4. The van der Waals surface area contributed by atoms with E-state index in [1.807, 2.05) is 0 Å². The lowest BCUT2D eigenvalue weighted by Gasteiger charge is -2.41. The maximum Gasteiger partial charge on any atom is 0.433 e. The van der Waals surface area contributed by atoms with E-state index in [9.17, 15) is 32.7 Å². The van der Waals surface area contributed by atoms with E-state index >= 15 is 0 Å². The molecule has 3 saturated carbocycles. The van der Waals surface area contributed by atoms with Crippen LogP contribution < -0.4 is 5.32 Å². The standard InChI is InChI=1S/C28H30Cl2F3N3O4/c1-26(25(39)40)7-5-16(6-8-26)36-23(28(31,32)33)17(14-34-36)24(38)35-20(15-12-27(13-15)9-10-27)11-21(37)22-18(29)3-2-4-19(22)30/h2-4,14-16,20H,5-13H2,1H3,(H,35,38)(H,39,40). The molecule has 1 heterocycles. The van der Waals surface area contributed by atoms with Gasteiger partial charge in [0.15, 0.2) is 11.5 Å². The summed E-state index contributed by atoms with van der Waals surface area (Å²) < 4.78 is 43.8. The number of aromatic nitrogens is 2. The minimum Gasteiger partial charge on any atom is -0.481 e. The molecule has 1 aromatic carbocycles. The number of aliphatic carboxylic acids is 1. The normalized spacial score (nSPS) is 24.8. The minimum absolute atomic E-state index is 0.0620. The molecule has 1 amide bonds. The van der Waals surface area contributed by atoms with E-state index in [-0.39, 0.29) is 59.0 Å². The van der Waals surface area contributed by atoms with E-state index in [2.05, 4.69) is 10.4 Å². The highest BCUT2D eigenvalue weighted by atomic mass is 35.5. The summed E-state index contributed by atoms with van der Waals surface area (Å²) in [6, 6.07) is 3.28. The van der Waals surface area contributed by atoms with Crippen LogP contribution in [-0.2, 0) is 11.0 Å². The molecule has 0 saturated heterocycles. The molecule has 1 atom stereocenters. The fourth-order valence-electron chi connectivity index (χ4n) is 6.36. The van der Waals surface area contributed by atoms with Crippen LogP contribution in [-0.4, -0.2) is 38.6 Å². The second kappa shape index (κ2) is 10.4. The molecule has 0 aliphatic heterocycles. The third kappa shape index (κ3) is 5.49. The van der Waals surface area contributed by atoms with Gasteiger partial charge in [-0.3, -0.25) is 19.1 Å². The molecule has 3 aliphatic carbocycles. The summed E-state index contributed by atoms with van der Waals surface area (Å²) in [4.78, 5) is 38.2. The van der Waals surface area contributed by atoms with Crippen molar-refractivity contribution in [2.24, 2.45) is 16.7 Å². The van der Waals surface area contributed by atoms with Gasteiger partial charge in [-0.1, -0.05) is 29.3 Å². The molecule has 2 N–H and O–H groups in total. The van der Waals surface area contributed by atoms with E-state index in [0.29, 0.717) is 0 Å². The summed E-state index contributed by atoms with van der Waals surface area (Å²) in [5, 5.41) is 16.5.